The zero-order valence-electron chi connectivity index (χ0n) is 9.11. The molecule has 0 saturated heterocycles. The van der Waals surface area contributed by atoms with Crippen LogP contribution in [0.4, 0.5) is 0 Å². The van der Waals surface area contributed by atoms with Crippen molar-refractivity contribution >= 4 is 15.9 Å². The highest BCUT2D eigenvalue weighted by Gasteiger charge is 2.10. The van der Waals surface area contributed by atoms with Crippen LogP contribution in [0.15, 0.2) is 45.5 Å². The first kappa shape index (κ1) is 11.4. The number of hydrogen-bond donors (Lipinski definition) is 1. The molecule has 2 N–H and O–H groups in total. The number of halogens is 1. The second-order valence-corrected chi connectivity index (χ2v) is 4.72. The van der Waals surface area contributed by atoms with E-state index in [9.17, 15) is 0 Å². The third kappa shape index (κ3) is 2.74. The van der Waals surface area contributed by atoms with Crippen LogP contribution in [0.25, 0.3) is 0 Å². The van der Waals surface area contributed by atoms with Crippen LogP contribution >= 0.6 is 15.9 Å². The normalized spacial score (nSPS) is 12.7. The Bertz CT molecular complexity index is 461. The summed E-state index contributed by atoms with van der Waals surface area (Å²) in [5, 5.41) is 0. The van der Waals surface area contributed by atoms with Gasteiger partial charge in [0.05, 0.1) is 6.04 Å². The van der Waals surface area contributed by atoms with E-state index in [1.165, 1.54) is 11.1 Å². The molecule has 2 aromatic rings. The Morgan fingerprint density at radius 2 is 1.88 bits per heavy atom. The minimum Gasteiger partial charge on any atom is -0.453 e. The van der Waals surface area contributed by atoms with Gasteiger partial charge in [-0.1, -0.05) is 29.8 Å². The molecule has 1 aromatic carbocycles. The van der Waals surface area contributed by atoms with E-state index in [1.807, 2.05) is 12.1 Å². The minimum absolute atomic E-state index is 0.0889. The molecule has 3 heteroatoms. The van der Waals surface area contributed by atoms with Crippen LogP contribution in [0.2, 0.25) is 0 Å². The van der Waals surface area contributed by atoms with Gasteiger partial charge in [-0.15, -0.1) is 0 Å². The molecule has 2 rings (SSSR count). The Balaban J connectivity index is 2.07. The van der Waals surface area contributed by atoms with Crippen molar-refractivity contribution in [2.24, 2.45) is 5.73 Å². The van der Waals surface area contributed by atoms with Crippen LogP contribution in [-0.4, -0.2) is 0 Å². The summed E-state index contributed by atoms with van der Waals surface area (Å²) in [6.07, 6.45) is 0.792. The van der Waals surface area contributed by atoms with Gasteiger partial charge in [0.2, 0.25) is 0 Å². The molecule has 0 saturated carbocycles. The van der Waals surface area contributed by atoms with Crippen LogP contribution in [0, 0.1) is 6.92 Å². The van der Waals surface area contributed by atoms with Gasteiger partial charge in [0.25, 0.3) is 0 Å². The van der Waals surface area contributed by atoms with Gasteiger partial charge in [-0.25, -0.2) is 0 Å². The van der Waals surface area contributed by atoms with Gasteiger partial charge >= 0.3 is 0 Å². The third-order valence-electron chi connectivity index (χ3n) is 2.54. The van der Waals surface area contributed by atoms with Gasteiger partial charge in [0.15, 0.2) is 4.67 Å². The predicted octanol–water partition coefficient (Wildman–Crippen LogP) is 3.59. The number of furan rings is 1. The maximum atomic E-state index is 6.06. The molecule has 0 spiro atoms. The van der Waals surface area contributed by atoms with E-state index in [0.29, 0.717) is 0 Å². The fourth-order valence-electron chi connectivity index (χ4n) is 1.61. The Labute approximate surface area is 104 Å². The maximum absolute atomic E-state index is 6.06. The van der Waals surface area contributed by atoms with Gasteiger partial charge in [-0.2, -0.15) is 0 Å². The van der Waals surface area contributed by atoms with Gasteiger partial charge in [-0.05, 0) is 47.0 Å². The highest BCUT2D eigenvalue weighted by Crippen LogP contribution is 2.21. The van der Waals surface area contributed by atoms with Crippen molar-refractivity contribution in [1.82, 2.24) is 0 Å². The lowest BCUT2D eigenvalue weighted by molar-refractivity contribution is 0.448. The quantitative estimate of drug-likeness (QED) is 0.933. The molecule has 84 valence electrons. The molecule has 1 aromatic heterocycles. The van der Waals surface area contributed by atoms with Gasteiger partial charge in [0.1, 0.15) is 5.76 Å². The molecule has 0 radical (unpaired) electrons. The molecule has 1 heterocycles. The second-order valence-electron chi connectivity index (χ2n) is 3.94. The topological polar surface area (TPSA) is 39.2 Å². The van der Waals surface area contributed by atoms with Crippen molar-refractivity contribution in [1.29, 1.82) is 0 Å². The van der Waals surface area contributed by atoms with Crippen molar-refractivity contribution in [3.8, 4) is 0 Å². The highest BCUT2D eigenvalue weighted by atomic mass is 79.9. The summed E-state index contributed by atoms with van der Waals surface area (Å²) < 4.78 is 6.16. The van der Waals surface area contributed by atoms with E-state index in [4.69, 9.17) is 10.2 Å². The fourth-order valence-corrected chi connectivity index (χ4v) is 1.93. The number of aryl methyl sites for hydroxylation is 1. The molecule has 1 atom stereocenters. The summed E-state index contributed by atoms with van der Waals surface area (Å²) in [5.74, 6) is 0.812. The molecule has 1 unspecified atom stereocenters. The SMILES string of the molecule is Cc1ccc(CC(N)c2ccc(Br)o2)cc1. The number of benzene rings is 1. The molecule has 0 amide bonds. The molecule has 16 heavy (non-hydrogen) atoms. The standard InChI is InChI=1S/C13H14BrNO/c1-9-2-4-10(5-3-9)8-11(15)12-6-7-13(14)16-12/h2-7,11H,8,15H2,1H3. The molecule has 2 nitrogen and oxygen atoms in total. The first-order valence-electron chi connectivity index (χ1n) is 5.21. The summed E-state index contributed by atoms with van der Waals surface area (Å²) >= 11 is 3.27. The van der Waals surface area contributed by atoms with E-state index in [2.05, 4.69) is 47.1 Å². The van der Waals surface area contributed by atoms with E-state index in [-0.39, 0.29) is 6.04 Å². The van der Waals surface area contributed by atoms with Crippen molar-refractivity contribution in [3.05, 3.63) is 58.0 Å². The smallest absolute Gasteiger partial charge is 0.169 e. The lowest BCUT2D eigenvalue weighted by atomic mass is 10.0. The van der Waals surface area contributed by atoms with Crippen molar-refractivity contribution in [2.45, 2.75) is 19.4 Å². The maximum Gasteiger partial charge on any atom is 0.169 e. The number of nitrogens with two attached hydrogens (primary N) is 1. The van der Waals surface area contributed by atoms with Crippen LogP contribution < -0.4 is 5.73 Å². The minimum atomic E-state index is -0.0889. The largest absolute Gasteiger partial charge is 0.453 e. The summed E-state index contributed by atoms with van der Waals surface area (Å²) in [5.41, 5.74) is 8.55. The lowest BCUT2D eigenvalue weighted by Crippen LogP contribution is -2.12. The predicted molar refractivity (Wildman–Crippen MR) is 68.2 cm³/mol. The molecular formula is C13H14BrNO. The zero-order chi connectivity index (χ0) is 11.5. The third-order valence-corrected chi connectivity index (χ3v) is 2.96. The van der Waals surface area contributed by atoms with E-state index in [1.54, 1.807) is 0 Å². The summed E-state index contributed by atoms with van der Waals surface area (Å²) in [6.45, 7) is 2.08. The lowest BCUT2D eigenvalue weighted by Gasteiger charge is -2.08. The first-order chi connectivity index (χ1) is 7.65. The van der Waals surface area contributed by atoms with Crippen molar-refractivity contribution < 1.29 is 4.42 Å². The van der Waals surface area contributed by atoms with Crippen LogP contribution in [-0.2, 0) is 6.42 Å². The monoisotopic (exact) mass is 279 g/mol. The Morgan fingerprint density at radius 1 is 1.19 bits per heavy atom. The van der Waals surface area contributed by atoms with Crippen molar-refractivity contribution in [3.63, 3.8) is 0 Å². The molecule has 0 aliphatic carbocycles. The van der Waals surface area contributed by atoms with E-state index < -0.39 is 0 Å². The fraction of sp³-hybridized carbons (Fsp3) is 0.231. The number of rotatable bonds is 3. The average Bonchev–Trinajstić information content (AvgIpc) is 2.68. The Hall–Kier alpha value is -1.06. The molecule has 0 fully saturated rings. The number of hydrogen-bond acceptors (Lipinski definition) is 2. The van der Waals surface area contributed by atoms with Gasteiger partial charge in [-0.3, -0.25) is 0 Å². The molecule has 0 aliphatic rings. The van der Waals surface area contributed by atoms with Crippen molar-refractivity contribution in [2.75, 3.05) is 0 Å². The summed E-state index contributed by atoms with van der Waals surface area (Å²) in [6, 6.07) is 12.1. The molecule has 0 aliphatic heterocycles. The summed E-state index contributed by atoms with van der Waals surface area (Å²) in [4.78, 5) is 0. The highest BCUT2D eigenvalue weighted by molar-refractivity contribution is 9.10. The van der Waals surface area contributed by atoms with Crippen LogP contribution in [0.5, 0.6) is 0 Å². The Morgan fingerprint density at radius 3 is 2.44 bits per heavy atom. The van der Waals surface area contributed by atoms with Gasteiger partial charge < -0.3 is 10.2 Å². The Kier molecular flexibility index (Phi) is 3.46. The van der Waals surface area contributed by atoms with Crippen LogP contribution in [0.3, 0.4) is 0 Å². The molecule has 0 bridgehead atoms. The van der Waals surface area contributed by atoms with E-state index in [0.717, 1.165) is 16.9 Å². The molecular weight excluding hydrogens is 266 g/mol. The van der Waals surface area contributed by atoms with Crippen LogP contribution in [0.1, 0.15) is 22.9 Å². The summed E-state index contributed by atoms with van der Waals surface area (Å²) in [7, 11) is 0. The zero-order valence-corrected chi connectivity index (χ0v) is 10.7. The first-order valence-corrected chi connectivity index (χ1v) is 6.01. The van der Waals surface area contributed by atoms with Gasteiger partial charge in [0, 0.05) is 0 Å². The average molecular weight is 280 g/mol. The second kappa shape index (κ2) is 4.85. The van der Waals surface area contributed by atoms with E-state index >= 15 is 0 Å².